The minimum Gasteiger partial charge on any atom is -0.388 e. The van der Waals surface area contributed by atoms with E-state index < -0.39 is 0 Å². The standard InChI is InChI=1S/C13H18N4S/c14-13(18)12-10(2-1-5-15-12)16-11-8-17-6-3-9(11)4-7-17/h1-2,5,9,11,16H,3-4,6-8H2,(H2,14,18). The topological polar surface area (TPSA) is 54.2 Å². The fraction of sp³-hybridized carbons (Fsp3) is 0.538. The molecule has 3 fully saturated rings. The van der Waals surface area contributed by atoms with E-state index >= 15 is 0 Å². The molecule has 0 spiro atoms. The number of nitrogens with two attached hydrogens (primary N) is 1. The molecule has 3 aliphatic heterocycles. The zero-order valence-corrected chi connectivity index (χ0v) is 11.1. The SMILES string of the molecule is NC(=S)c1ncccc1NC1CN2CCC1CC2. The third-order valence-electron chi connectivity index (χ3n) is 4.04. The Labute approximate surface area is 113 Å². The van der Waals surface area contributed by atoms with Crippen LogP contribution in [0.1, 0.15) is 18.5 Å². The first kappa shape index (κ1) is 11.9. The van der Waals surface area contributed by atoms with Crippen LogP contribution in [-0.2, 0) is 0 Å². The summed E-state index contributed by atoms with van der Waals surface area (Å²) in [5.74, 6) is 0.773. The number of hydrogen-bond acceptors (Lipinski definition) is 4. The van der Waals surface area contributed by atoms with E-state index in [1.807, 2.05) is 12.1 Å². The number of fused-ring (bicyclic) bond motifs is 3. The number of anilines is 1. The van der Waals surface area contributed by atoms with E-state index in [4.69, 9.17) is 18.0 Å². The van der Waals surface area contributed by atoms with Crippen molar-refractivity contribution < 1.29 is 0 Å². The molecule has 0 aromatic carbocycles. The predicted octanol–water partition coefficient (Wildman–Crippen LogP) is 1.22. The summed E-state index contributed by atoms with van der Waals surface area (Å²) in [7, 11) is 0. The van der Waals surface area contributed by atoms with Crippen molar-refractivity contribution in [3.8, 4) is 0 Å². The Balaban J connectivity index is 1.78. The van der Waals surface area contributed by atoms with Crippen molar-refractivity contribution in [2.24, 2.45) is 11.7 Å². The van der Waals surface area contributed by atoms with Crippen molar-refractivity contribution in [3.05, 3.63) is 24.0 Å². The molecule has 5 heteroatoms. The number of hydrogen-bond donors (Lipinski definition) is 2. The van der Waals surface area contributed by atoms with Crippen molar-refractivity contribution in [1.82, 2.24) is 9.88 Å². The van der Waals surface area contributed by atoms with Gasteiger partial charge in [-0.05, 0) is 44.0 Å². The van der Waals surface area contributed by atoms with Gasteiger partial charge in [-0.1, -0.05) is 12.2 Å². The second-order valence-electron chi connectivity index (χ2n) is 5.15. The average molecular weight is 262 g/mol. The monoisotopic (exact) mass is 262 g/mol. The minimum atomic E-state index is 0.361. The molecule has 3 saturated heterocycles. The molecule has 18 heavy (non-hydrogen) atoms. The van der Waals surface area contributed by atoms with Crippen molar-refractivity contribution in [1.29, 1.82) is 0 Å². The van der Waals surface area contributed by atoms with Crippen LogP contribution in [0.25, 0.3) is 0 Å². The summed E-state index contributed by atoms with van der Waals surface area (Å²) in [5, 5.41) is 3.59. The summed E-state index contributed by atoms with van der Waals surface area (Å²) in [6.07, 6.45) is 4.32. The molecule has 2 bridgehead atoms. The Morgan fingerprint density at radius 1 is 1.44 bits per heavy atom. The van der Waals surface area contributed by atoms with Gasteiger partial charge < -0.3 is 16.0 Å². The number of pyridine rings is 1. The van der Waals surface area contributed by atoms with E-state index in [1.54, 1.807) is 6.20 Å². The first-order valence-electron chi connectivity index (χ1n) is 6.48. The third-order valence-corrected chi connectivity index (χ3v) is 4.23. The van der Waals surface area contributed by atoms with Crippen LogP contribution >= 0.6 is 12.2 Å². The van der Waals surface area contributed by atoms with Crippen LogP contribution in [0.15, 0.2) is 18.3 Å². The lowest BCUT2D eigenvalue weighted by Crippen LogP contribution is -2.53. The maximum absolute atomic E-state index is 5.71. The Morgan fingerprint density at radius 3 is 2.83 bits per heavy atom. The quantitative estimate of drug-likeness (QED) is 0.802. The Morgan fingerprint density at radius 2 is 2.22 bits per heavy atom. The minimum absolute atomic E-state index is 0.361. The number of piperidine rings is 3. The molecule has 1 unspecified atom stereocenters. The molecule has 4 nitrogen and oxygen atoms in total. The van der Waals surface area contributed by atoms with Gasteiger partial charge in [0.25, 0.3) is 0 Å². The first-order chi connectivity index (χ1) is 8.74. The van der Waals surface area contributed by atoms with Crippen LogP contribution < -0.4 is 11.1 Å². The van der Waals surface area contributed by atoms with Gasteiger partial charge in [-0.2, -0.15) is 0 Å². The van der Waals surface area contributed by atoms with Crippen molar-refractivity contribution in [2.45, 2.75) is 18.9 Å². The second-order valence-corrected chi connectivity index (χ2v) is 5.59. The maximum Gasteiger partial charge on any atom is 0.124 e. The summed E-state index contributed by atoms with van der Waals surface area (Å²) in [4.78, 5) is 7.15. The number of nitrogens with zero attached hydrogens (tertiary/aromatic N) is 2. The van der Waals surface area contributed by atoms with Crippen LogP contribution in [0.5, 0.6) is 0 Å². The average Bonchev–Trinajstić information content (AvgIpc) is 2.40. The molecule has 4 rings (SSSR count). The Bertz CT molecular complexity index is 454. The zero-order chi connectivity index (χ0) is 12.5. The van der Waals surface area contributed by atoms with Gasteiger partial charge in [0.1, 0.15) is 10.7 Å². The molecular formula is C13H18N4S. The van der Waals surface area contributed by atoms with Crippen LogP contribution in [0.3, 0.4) is 0 Å². The fourth-order valence-electron chi connectivity index (χ4n) is 3.05. The Hall–Kier alpha value is -1.20. The van der Waals surface area contributed by atoms with Gasteiger partial charge in [-0.3, -0.25) is 4.98 Å². The molecule has 4 heterocycles. The van der Waals surface area contributed by atoms with E-state index in [2.05, 4.69) is 15.2 Å². The van der Waals surface area contributed by atoms with Crippen LogP contribution in [0, 0.1) is 5.92 Å². The van der Waals surface area contributed by atoms with Gasteiger partial charge >= 0.3 is 0 Å². The summed E-state index contributed by atoms with van der Waals surface area (Å²) >= 11 is 5.05. The molecule has 0 amide bonds. The summed E-state index contributed by atoms with van der Waals surface area (Å²) in [5.41, 5.74) is 7.40. The first-order valence-corrected chi connectivity index (χ1v) is 6.88. The van der Waals surface area contributed by atoms with E-state index in [9.17, 15) is 0 Å². The lowest BCUT2D eigenvalue weighted by atomic mass is 9.84. The normalized spacial score (nSPS) is 30.1. The number of rotatable bonds is 3. The van der Waals surface area contributed by atoms with Crippen molar-refractivity contribution >= 4 is 22.9 Å². The van der Waals surface area contributed by atoms with E-state index in [1.165, 1.54) is 25.9 Å². The van der Waals surface area contributed by atoms with Gasteiger partial charge in [0, 0.05) is 18.8 Å². The van der Waals surface area contributed by atoms with E-state index in [-0.39, 0.29) is 0 Å². The smallest absolute Gasteiger partial charge is 0.124 e. The van der Waals surface area contributed by atoms with Crippen LogP contribution in [0.2, 0.25) is 0 Å². The van der Waals surface area contributed by atoms with Crippen molar-refractivity contribution in [2.75, 3.05) is 25.0 Å². The highest BCUT2D eigenvalue weighted by Gasteiger charge is 2.34. The second kappa shape index (κ2) is 4.82. The lowest BCUT2D eigenvalue weighted by Gasteiger charge is -2.45. The number of thiocarbonyl (C=S) groups is 1. The zero-order valence-electron chi connectivity index (χ0n) is 10.3. The van der Waals surface area contributed by atoms with Gasteiger partial charge in [0.05, 0.1) is 5.69 Å². The number of nitrogens with one attached hydrogen (secondary N) is 1. The van der Waals surface area contributed by atoms with Gasteiger partial charge in [0.15, 0.2) is 0 Å². The molecule has 96 valence electrons. The molecule has 3 N–H and O–H groups in total. The molecule has 0 radical (unpaired) electrons. The predicted molar refractivity (Wildman–Crippen MR) is 76.7 cm³/mol. The van der Waals surface area contributed by atoms with Gasteiger partial charge in [0.2, 0.25) is 0 Å². The van der Waals surface area contributed by atoms with Gasteiger partial charge in [-0.15, -0.1) is 0 Å². The largest absolute Gasteiger partial charge is 0.388 e. The van der Waals surface area contributed by atoms with Gasteiger partial charge in [-0.25, -0.2) is 0 Å². The highest BCUT2D eigenvalue weighted by atomic mass is 32.1. The number of aromatic nitrogens is 1. The molecular weight excluding hydrogens is 244 g/mol. The molecule has 1 aromatic rings. The fourth-order valence-corrected chi connectivity index (χ4v) is 3.21. The highest BCUT2D eigenvalue weighted by molar-refractivity contribution is 7.80. The summed E-state index contributed by atoms with van der Waals surface area (Å²) in [6.45, 7) is 3.62. The Kier molecular flexibility index (Phi) is 3.18. The van der Waals surface area contributed by atoms with E-state index in [0.717, 1.165) is 18.2 Å². The molecule has 0 aliphatic carbocycles. The highest BCUT2D eigenvalue weighted by Crippen LogP contribution is 2.30. The van der Waals surface area contributed by atoms with Crippen LogP contribution in [-0.4, -0.2) is 40.5 Å². The molecule has 0 saturated carbocycles. The molecule has 1 aromatic heterocycles. The van der Waals surface area contributed by atoms with E-state index in [0.29, 0.717) is 16.7 Å². The lowest BCUT2D eigenvalue weighted by molar-refractivity contribution is 0.0975. The van der Waals surface area contributed by atoms with Crippen molar-refractivity contribution in [3.63, 3.8) is 0 Å². The summed E-state index contributed by atoms with van der Waals surface area (Å²) in [6, 6.07) is 4.44. The third kappa shape index (κ3) is 2.20. The molecule has 3 aliphatic rings. The van der Waals surface area contributed by atoms with Crippen LogP contribution in [0.4, 0.5) is 5.69 Å². The maximum atomic E-state index is 5.71. The molecule has 1 atom stereocenters. The summed E-state index contributed by atoms with van der Waals surface area (Å²) < 4.78 is 0.